The van der Waals surface area contributed by atoms with Crippen LogP contribution in [0.5, 0.6) is 0 Å². The molecule has 1 aliphatic carbocycles. The standard InChI is InChI=1S/C19H20N2O6S2/c1-20-19(22)17-10-9-14(13-5-2-3-6-13)11-18(17)21-28(23,24)15-7-4-8-16(12-15)29(25,26)27/h4-5,7-12,21H,2-3,6H2,1H3,(H,20,22)(H,25,26,27). The summed E-state index contributed by atoms with van der Waals surface area (Å²) in [7, 11) is -7.36. The van der Waals surface area contributed by atoms with E-state index in [1.807, 2.05) is 0 Å². The quantitative estimate of drug-likeness (QED) is 0.597. The van der Waals surface area contributed by atoms with Gasteiger partial charge in [0.15, 0.2) is 0 Å². The third-order valence-corrected chi connectivity index (χ3v) is 6.77. The number of carbonyl (C=O) groups excluding carboxylic acids is 1. The van der Waals surface area contributed by atoms with Crippen molar-refractivity contribution < 1.29 is 26.2 Å². The van der Waals surface area contributed by atoms with E-state index in [1.54, 1.807) is 18.2 Å². The molecule has 0 saturated heterocycles. The maximum atomic E-state index is 12.8. The summed E-state index contributed by atoms with van der Waals surface area (Å²) in [6.45, 7) is 0. The molecule has 8 nitrogen and oxygen atoms in total. The molecule has 0 radical (unpaired) electrons. The first kappa shape index (κ1) is 21.0. The van der Waals surface area contributed by atoms with E-state index in [2.05, 4.69) is 16.1 Å². The number of anilines is 1. The first-order valence-electron chi connectivity index (χ1n) is 8.78. The first-order valence-corrected chi connectivity index (χ1v) is 11.7. The molecule has 3 N–H and O–H groups in total. The monoisotopic (exact) mass is 436 g/mol. The lowest BCUT2D eigenvalue weighted by molar-refractivity contribution is 0.0964. The molecule has 0 aliphatic heterocycles. The zero-order chi connectivity index (χ0) is 21.2. The summed E-state index contributed by atoms with van der Waals surface area (Å²) in [5, 5.41) is 2.46. The van der Waals surface area contributed by atoms with E-state index in [4.69, 9.17) is 0 Å². The van der Waals surface area contributed by atoms with Crippen LogP contribution in [0.25, 0.3) is 5.57 Å². The largest absolute Gasteiger partial charge is 0.355 e. The van der Waals surface area contributed by atoms with E-state index >= 15 is 0 Å². The number of benzene rings is 2. The van der Waals surface area contributed by atoms with E-state index in [9.17, 15) is 26.2 Å². The normalized spacial score (nSPS) is 14.3. The Morgan fingerprint density at radius 1 is 1.03 bits per heavy atom. The highest BCUT2D eigenvalue weighted by atomic mass is 32.2. The predicted molar refractivity (Wildman–Crippen MR) is 109 cm³/mol. The molecule has 154 valence electrons. The average molecular weight is 437 g/mol. The Kier molecular flexibility index (Phi) is 5.78. The molecule has 0 spiro atoms. The second-order valence-electron chi connectivity index (χ2n) is 6.52. The van der Waals surface area contributed by atoms with Crippen molar-refractivity contribution in [1.29, 1.82) is 0 Å². The van der Waals surface area contributed by atoms with Gasteiger partial charge in [0.05, 0.1) is 21.0 Å². The Morgan fingerprint density at radius 2 is 1.76 bits per heavy atom. The Morgan fingerprint density at radius 3 is 2.38 bits per heavy atom. The van der Waals surface area contributed by atoms with Crippen LogP contribution in [0.4, 0.5) is 5.69 Å². The van der Waals surface area contributed by atoms with Crippen LogP contribution in [0.3, 0.4) is 0 Å². The smallest absolute Gasteiger partial charge is 0.294 e. The third kappa shape index (κ3) is 4.66. The van der Waals surface area contributed by atoms with Gasteiger partial charge in [0.1, 0.15) is 0 Å². The van der Waals surface area contributed by atoms with E-state index in [0.29, 0.717) is 0 Å². The number of hydrogen-bond acceptors (Lipinski definition) is 5. The molecule has 10 heteroatoms. The molecule has 29 heavy (non-hydrogen) atoms. The fourth-order valence-electron chi connectivity index (χ4n) is 3.10. The van der Waals surface area contributed by atoms with Crippen LogP contribution in [0, 0.1) is 0 Å². The molecule has 0 heterocycles. The molecule has 0 fully saturated rings. The summed E-state index contributed by atoms with van der Waals surface area (Å²) in [5.41, 5.74) is 2.08. The van der Waals surface area contributed by atoms with Gasteiger partial charge < -0.3 is 5.32 Å². The van der Waals surface area contributed by atoms with Crippen LogP contribution >= 0.6 is 0 Å². The van der Waals surface area contributed by atoms with Crippen LogP contribution in [0.2, 0.25) is 0 Å². The lowest BCUT2D eigenvalue weighted by Gasteiger charge is -2.14. The molecule has 0 atom stereocenters. The van der Waals surface area contributed by atoms with Gasteiger partial charge in [0, 0.05) is 7.05 Å². The van der Waals surface area contributed by atoms with Crippen LogP contribution in [0.15, 0.2) is 58.3 Å². The van der Waals surface area contributed by atoms with E-state index in [1.165, 1.54) is 19.2 Å². The van der Waals surface area contributed by atoms with Crippen LogP contribution in [-0.2, 0) is 20.1 Å². The molecular weight excluding hydrogens is 416 g/mol. The van der Waals surface area contributed by atoms with Gasteiger partial charge in [-0.3, -0.25) is 14.1 Å². The summed E-state index contributed by atoms with van der Waals surface area (Å²) in [6, 6.07) is 9.22. The number of rotatable bonds is 6. The highest BCUT2D eigenvalue weighted by Crippen LogP contribution is 2.31. The number of allylic oxidation sites excluding steroid dienone is 2. The second kappa shape index (κ2) is 7.97. The van der Waals surface area contributed by atoms with Crippen LogP contribution in [-0.4, -0.2) is 34.3 Å². The topological polar surface area (TPSA) is 130 Å². The van der Waals surface area contributed by atoms with Crippen molar-refractivity contribution in [2.45, 2.75) is 29.1 Å². The fraction of sp³-hybridized carbons (Fsp3) is 0.211. The molecule has 0 aromatic heterocycles. The number of hydrogen-bond donors (Lipinski definition) is 3. The maximum absolute atomic E-state index is 12.8. The van der Waals surface area contributed by atoms with Crippen molar-refractivity contribution in [1.82, 2.24) is 5.32 Å². The molecule has 1 amide bonds. The van der Waals surface area contributed by atoms with Gasteiger partial charge >= 0.3 is 0 Å². The molecule has 2 aromatic carbocycles. The van der Waals surface area contributed by atoms with Gasteiger partial charge in [-0.2, -0.15) is 8.42 Å². The third-order valence-electron chi connectivity index (χ3n) is 4.56. The van der Waals surface area contributed by atoms with Crippen molar-refractivity contribution >= 4 is 37.3 Å². The van der Waals surface area contributed by atoms with Crippen LogP contribution in [0.1, 0.15) is 35.2 Å². The molecule has 2 aromatic rings. The summed E-state index contributed by atoms with van der Waals surface area (Å²) < 4.78 is 59.9. The summed E-state index contributed by atoms with van der Waals surface area (Å²) in [6.07, 6.45) is 4.89. The zero-order valence-corrected chi connectivity index (χ0v) is 17.2. The maximum Gasteiger partial charge on any atom is 0.294 e. The number of sulfonamides is 1. The average Bonchev–Trinajstić information content (AvgIpc) is 3.21. The molecule has 1 aliphatic rings. The molecular formula is C19H20N2O6S2. The summed E-state index contributed by atoms with van der Waals surface area (Å²) in [5.74, 6) is -0.471. The fourth-order valence-corrected chi connectivity index (χ4v) is 4.82. The van der Waals surface area contributed by atoms with E-state index in [-0.39, 0.29) is 16.1 Å². The lowest BCUT2D eigenvalue weighted by Crippen LogP contribution is -2.22. The molecule has 0 unspecified atom stereocenters. The Labute approximate surface area is 169 Å². The number of carbonyl (C=O) groups is 1. The lowest BCUT2D eigenvalue weighted by atomic mass is 10.0. The first-order chi connectivity index (χ1) is 13.6. The summed E-state index contributed by atoms with van der Waals surface area (Å²) >= 11 is 0. The van der Waals surface area contributed by atoms with Gasteiger partial charge in [0.2, 0.25) is 0 Å². The highest BCUT2D eigenvalue weighted by molar-refractivity contribution is 7.92. The second-order valence-corrected chi connectivity index (χ2v) is 9.62. The van der Waals surface area contributed by atoms with Crippen molar-refractivity contribution in [3.8, 4) is 0 Å². The molecule has 0 bridgehead atoms. The number of amides is 1. The van der Waals surface area contributed by atoms with Gasteiger partial charge in [-0.25, -0.2) is 8.42 Å². The van der Waals surface area contributed by atoms with Crippen molar-refractivity contribution in [2.75, 3.05) is 11.8 Å². The Bertz CT molecular complexity index is 1200. The number of nitrogens with one attached hydrogen (secondary N) is 2. The van der Waals surface area contributed by atoms with E-state index in [0.717, 1.165) is 42.5 Å². The van der Waals surface area contributed by atoms with Crippen molar-refractivity contribution in [3.05, 3.63) is 59.7 Å². The van der Waals surface area contributed by atoms with Gasteiger partial charge in [-0.1, -0.05) is 18.2 Å². The summed E-state index contributed by atoms with van der Waals surface area (Å²) in [4.78, 5) is 11.3. The minimum atomic E-state index is -4.57. The van der Waals surface area contributed by atoms with Gasteiger partial charge in [0.25, 0.3) is 26.0 Å². The van der Waals surface area contributed by atoms with E-state index < -0.39 is 30.9 Å². The molecule has 0 saturated carbocycles. The Hall–Kier alpha value is -2.69. The van der Waals surface area contributed by atoms with Crippen molar-refractivity contribution in [2.24, 2.45) is 0 Å². The van der Waals surface area contributed by atoms with Crippen LogP contribution < -0.4 is 10.0 Å². The SMILES string of the molecule is CNC(=O)c1ccc(C2=CCCC2)cc1NS(=O)(=O)c1cccc(S(=O)(=O)O)c1. The molecule has 3 rings (SSSR count). The highest BCUT2D eigenvalue weighted by Gasteiger charge is 2.22. The minimum Gasteiger partial charge on any atom is -0.355 e. The minimum absolute atomic E-state index is 0.0758. The van der Waals surface area contributed by atoms with Crippen molar-refractivity contribution in [3.63, 3.8) is 0 Å². The Balaban J connectivity index is 2.05. The predicted octanol–water partition coefficient (Wildman–Crippen LogP) is 2.66. The zero-order valence-electron chi connectivity index (χ0n) is 15.5. The van der Waals surface area contributed by atoms with Gasteiger partial charge in [-0.05, 0) is 60.7 Å². The van der Waals surface area contributed by atoms with Gasteiger partial charge in [-0.15, -0.1) is 0 Å².